The lowest BCUT2D eigenvalue weighted by Crippen LogP contribution is -2.50. The van der Waals surface area contributed by atoms with E-state index in [1.807, 2.05) is 7.05 Å². The van der Waals surface area contributed by atoms with Crippen molar-refractivity contribution in [2.45, 2.75) is 12.5 Å². The third-order valence-corrected chi connectivity index (χ3v) is 2.11. The van der Waals surface area contributed by atoms with E-state index in [9.17, 15) is 4.79 Å². The molecule has 1 saturated heterocycles. The largest absolute Gasteiger partial charge is 0.322 e. The van der Waals surface area contributed by atoms with Crippen LogP contribution >= 0.6 is 0 Å². The molecule has 2 heterocycles. The molecule has 1 atom stereocenters. The molecule has 0 spiro atoms. The van der Waals surface area contributed by atoms with Gasteiger partial charge in [0, 0.05) is 13.2 Å². The van der Waals surface area contributed by atoms with E-state index in [0.29, 0.717) is 0 Å². The predicted molar refractivity (Wildman–Crippen MR) is 48.2 cm³/mol. The van der Waals surface area contributed by atoms with Crippen LogP contribution in [0, 0.1) is 0 Å². The summed E-state index contributed by atoms with van der Waals surface area (Å²) in [4.78, 5) is 11.4. The van der Waals surface area contributed by atoms with Crippen LogP contribution in [0.15, 0.2) is 12.4 Å². The van der Waals surface area contributed by atoms with E-state index >= 15 is 0 Å². The van der Waals surface area contributed by atoms with Crippen LogP contribution in [0.1, 0.15) is 6.42 Å². The van der Waals surface area contributed by atoms with E-state index < -0.39 is 0 Å². The van der Waals surface area contributed by atoms with Gasteiger partial charge in [0.15, 0.2) is 0 Å². The number of nitrogens with zero attached hydrogens (tertiary/aromatic N) is 2. The zero-order valence-electron chi connectivity index (χ0n) is 7.45. The van der Waals surface area contributed by atoms with E-state index in [1.54, 1.807) is 17.1 Å². The molecule has 1 aliphatic heterocycles. The first-order valence-corrected chi connectivity index (χ1v) is 4.28. The lowest BCUT2D eigenvalue weighted by molar-refractivity contribution is -0.119. The zero-order valence-corrected chi connectivity index (χ0v) is 7.45. The minimum atomic E-state index is -0.0137. The van der Waals surface area contributed by atoms with Crippen molar-refractivity contribution >= 4 is 11.6 Å². The normalized spacial score (nSPS) is 20.8. The number of amides is 1. The molecule has 70 valence electrons. The maximum atomic E-state index is 11.4. The third kappa shape index (κ3) is 1.70. The Hall–Kier alpha value is -1.36. The van der Waals surface area contributed by atoms with Gasteiger partial charge < -0.3 is 10.6 Å². The summed E-state index contributed by atoms with van der Waals surface area (Å²) in [5.74, 6) is 0.0271. The molecule has 0 saturated carbocycles. The van der Waals surface area contributed by atoms with Crippen LogP contribution in [0.2, 0.25) is 0 Å². The molecule has 2 N–H and O–H groups in total. The van der Waals surface area contributed by atoms with Crippen molar-refractivity contribution in [1.29, 1.82) is 0 Å². The molecule has 0 aliphatic carbocycles. The van der Waals surface area contributed by atoms with Crippen molar-refractivity contribution in [3.8, 4) is 0 Å². The fraction of sp³-hybridized carbons (Fsp3) is 0.500. The van der Waals surface area contributed by atoms with Crippen LogP contribution in [0.5, 0.6) is 0 Å². The van der Waals surface area contributed by atoms with Crippen molar-refractivity contribution in [1.82, 2.24) is 15.1 Å². The Morgan fingerprint density at radius 3 is 3.08 bits per heavy atom. The maximum absolute atomic E-state index is 11.4. The fourth-order valence-electron chi connectivity index (χ4n) is 1.23. The molecule has 13 heavy (non-hydrogen) atoms. The number of carbonyl (C=O) groups is 1. The number of anilines is 1. The summed E-state index contributed by atoms with van der Waals surface area (Å²) in [6.07, 6.45) is 4.33. The van der Waals surface area contributed by atoms with Crippen molar-refractivity contribution in [2.24, 2.45) is 7.05 Å². The van der Waals surface area contributed by atoms with E-state index in [4.69, 9.17) is 0 Å². The zero-order chi connectivity index (χ0) is 9.26. The number of nitrogens with one attached hydrogen (secondary N) is 2. The van der Waals surface area contributed by atoms with Gasteiger partial charge in [0.2, 0.25) is 5.91 Å². The highest BCUT2D eigenvalue weighted by Crippen LogP contribution is 2.08. The molecule has 1 amide bonds. The average Bonchev–Trinajstić information content (AvgIpc) is 2.31. The summed E-state index contributed by atoms with van der Waals surface area (Å²) in [5, 5.41) is 9.77. The molecule has 1 aromatic rings. The van der Waals surface area contributed by atoms with Crippen LogP contribution < -0.4 is 10.6 Å². The van der Waals surface area contributed by atoms with E-state index in [2.05, 4.69) is 15.7 Å². The molecule has 0 radical (unpaired) electrons. The van der Waals surface area contributed by atoms with E-state index in [-0.39, 0.29) is 11.9 Å². The average molecular weight is 180 g/mol. The van der Waals surface area contributed by atoms with Gasteiger partial charge in [-0.3, -0.25) is 9.48 Å². The van der Waals surface area contributed by atoms with Gasteiger partial charge in [0.05, 0.1) is 17.9 Å². The number of hydrogen-bond donors (Lipinski definition) is 2. The van der Waals surface area contributed by atoms with Gasteiger partial charge in [0.1, 0.15) is 0 Å². The molecular weight excluding hydrogens is 168 g/mol. The number of aryl methyl sites for hydroxylation is 1. The molecular formula is C8H12N4O. The summed E-state index contributed by atoms with van der Waals surface area (Å²) in [6.45, 7) is 0.936. The Morgan fingerprint density at radius 1 is 1.85 bits per heavy atom. The monoisotopic (exact) mass is 180 g/mol. The molecule has 5 nitrogen and oxygen atoms in total. The molecule has 2 rings (SSSR count). The Balaban J connectivity index is 1.93. The Morgan fingerprint density at radius 2 is 2.62 bits per heavy atom. The van der Waals surface area contributed by atoms with Gasteiger partial charge in [-0.05, 0) is 13.0 Å². The lowest BCUT2D eigenvalue weighted by Gasteiger charge is -2.25. The third-order valence-electron chi connectivity index (χ3n) is 2.11. The minimum Gasteiger partial charge on any atom is -0.322 e. The fourth-order valence-corrected chi connectivity index (χ4v) is 1.23. The predicted octanol–water partition coefficient (Wildman–Crippen LogP) is -0.280. The van der Waals surface area contributed by atoms with Crippen molar-refractivity contribution in [3.05, 3.63) is 12.4 Å². The molecule has 1 aliphatic rings. The van der Waals surface area contributed by atoms with Gasteiger partial charge in [-0.25, -0.2) is 0 Å². The summed E-state index contributed by atoms with van der Waals surface area (Å²) in [7, 11) is 1.82. The topological polar surface area (TPSA) is 59.0 Å². The number of hydrogen-bond acceptors (Lipinski definition) is 3. The summed E-state index contributed by atoms with van der Waals surface area (Å²) >= 11 is 0. The number of carbonyl (C=O) groups excluding carboxylic acids is 1. The Labute approximate surface area is 76.1 Å². The van der Waals surface area contributed by atoms with Crippen LogP contribution in [0.3, 0.4) is 0 Å². The highest BCUT2D eigenvalue weighted by molar-refractivity contribution is 5.95. The second-order valence-electron chi connectivity index (χ2n) is 3.19. The van der Waals surface area contributed by atoms with Crippen LogP contribution in [0.25, 0.3) is 0 Å². The molecule has 0 unspecified atom stereocenters. The molecule has 5 heteroatoms. The highest BCUT2D eigenvalue weighted by Gasteiger charge is 2.24. The highest BCUT2D eigenvalue weighted by atomic mass is 16.2. The van der Waals surface area contributed by atoms with Gasteiger partial charge in [-0.1, -0.05) is 0 Å². The molecule has 0 aromatic carbocycles. The standard InChI is InChI=1S/C8H12N4O/c1-12-5-6(4-10-12)11-8(13)7-2-3-9-7/h4-5,7,9H,2-3H2,1H3,(H,11,13)/t7-/m1/s1. The summed E-state index contributed by atoms with van der Waals surface area (Å²) in [5.41, 5.74) is 0.751. The summed E-state index contributed by atoms with van der Waals surface area (Å²) < 4.78 is 1.66. The lowest BCUT2D eigenvalue weighted by atomic mass is 10.1. The molecule has 0 bridgehead atoms. The first-order valence-electron chi connectivity index (χ1n) is 4.28. The minimum absolute atomic E-state index is 0.0137. The Kier molecular flexibility index (Phi) is 2.02. The number of rotatable bonds is 2. The van der Waals surface area contributed by atoms with E-state index in [1.165, 1.54) is 0 Å². The van der Waals surface area contributed by atoms with Gasteiger partial charge in [-0.15, -0.1) is 0 Å². The number of aromatic nitrogens is 2. The van der Waals surface area contributed by atoms with Gasteiger partial charge in [0.25, 0.3) is 0 Å². The second kappa shape index (κ2) is 3.18. The Bertz CT molecular complexity index is 316. The van der Waals surface area contributed by atoms with Crippen LogP contribution in [-0.4, -0.2) is 28.3 Å². The molecule has 1 aromatic heterocycles. The van der Waals surface area contributed by atoms with Crippen LogP contribution in [0.4, 0.5) is 5.69 Å². The second-order valence-corrected chi connectivity index (χ2v) is 3.19. The first-order chi connectivity index (χ1) is 6.25. The SMILES string of the molecule is Cn1cc(NC(=O)[C@H]2CCN2)cn1. The van der Waals surface area contributed by atoms with E-state index in [0.717, 1.165) is 18.7 Å². The quantitative estimate of drug-likeness (QED) is 0.658. The first kappa shape index (κ1) is 8.25. The van der Waals surface area contributed by atoms with Crippen molar-refractivity contribution in [2.75, 3.05) is 11.9 Å². The van der Waals surface area contributed by atoms with Gasteiger partial charge in [-0.2, -0.15) is 5.10 Å². The summed E-state index contributed by atoms with van der Waals surface area (Å²) in [6, 6.07) is -0.0137. The molecule has 1 fully saturated rings. The smallest absolute Gasteiger partial charge is 0.241 e. The maximum Gasteiger partial charge on any atom is 0.241 e. The van der Waals surface area contributed by atoms with Crippen molar-refractivity contribution in [3.63, 3.8) is 0 Å². The van der Waals surface area contributed by atoms with Crippen LogP contribution in [-0.2, 0) is 11.8 Å². The van der Waals surface area contributed by atoms with Gasteiger partial charge >= 0.3 is 0 Å². The van der Waals surface area contributed by atoms with Crippen molar-refractivity contribution < 1.29 is 4.79 Å².